The Morgan fingerprint density at radius 1 is 1.04 bits per heavy atom. The number of amides is 2. The zero-order valence-electron chi connectivity index (χ0n) is 16.7. The first-order valence-electron chi connectivity index (χ1n) is 10.4. The second-order valence-electron chi connectivity index (χ2n) is 8.81. The van der Waals surface area contributed by atoms with Crippen molar-refractivity contribution in [1.82, 2.24) is 20.0 Å². The van der Waals surface area contributed by atoms with Gasteiger partial charge in [0.25, 0.3) is 0 Å². The van der Waals surface area contributed by atoms with E-state index in [1.807, 2.05) is 0 Å². The molecule has 0 radical (unpaired) electrons. The number of hydrogen-bond acceptors (Lipinski definition) is 4. The van der Waals surface area contributed by atoms with E-state index in [0.717, 1.165) is 65.2 Å². The van der Waals surface area contributed by atoms with Crippen molar-refractivity contribution in [2.45, 2.75) is 46.1 Å². The summed E-state index contributed by atoms with van der Waals surface area (Å²) in [5.74, 6) is 2.29. The molecule has 1 N–H and O–H groups in total. The highest BCUT2D eigenvalue weighted by atomic mass is 16.2. The topological polar surface area (TPSA) is 55.9 Å². The summed E-state index contributed by atoms with van der Waals surface area (Å²) in [5.41, 5.74) is 0. The van der Waals surface area contributed by atoms with E-state index in [0.29, 0.717) is 36.1 Å². The van der Waals surface area contributed by atoms with Crippen LogP contribution in [0.5, 0.6) is 0 Å². The fraction of sp³-hybridized carbons (Fsp3) is 0.900. The quantitative estimate of drug-likeness (QED) is 0.765. The van der Waals surface area contributed by atoms with E-state index >= 15 is 0 Å². The molecule has 3 aliphatic rings. The Bertz CT molecular complexity index is 488. The van der Waals surface area contributed by atoms with Crippen LogP contribution in [-0.2, 0) is 9.59 Å². The average Bonchev–Trinajstić information content (AvgIpc) is 3.16. The van der Waals surface area contributed by atoms with Gasteiger partial charge in [-0.15, -0.1) is 0 Å². The molecular formula is C20H36N4O2. The molecule has 26 heavy (non-hydrogen) atoms. The Balaban J connectivity index is 1.34. The third-order valence-electron chi connectivity index (χ3n) is 6.62. The molecule has 2 heterocycles. The SMILES string of the molecule is CC(=O)NCC1CC2CN(C(=O)CCN3CCN(C(C)C)CC3)CC2C1. The second-order valence-corrected chi connectivity index (χ2v) is 8.81. The predicted molar refractivity (Wildman–Crippen MR) is 103 cm³/mol. The summed E-state index contributed by atoms with van der Waals surface area (Å²) < 4.78 is 0. The number of nitrogens with zero attached hydrogens (tertiary/aromatic N) is 3. The van der Waals surface area contributed by atoms with Gasteiger partial charge < -0.3 is 15.1 Å². The third kappa shape index (κ3) is 4.97. The summed E-state index contributed by atoms with van der Waals surface area (Å²) in [4.78, 5) is 30.7. The maximum atomic E-state index is 12.6. The van der Waals surface area contributed by atoms with Crippen LogP contribution >= 0.6 is 0 Å². The number of hydrogen-bond donors (Lipinski definition) is 1. The van der Waals surface area contributed by atoms with Crippen molar-refractivity contribution in [3.63, 3.8) is 0 Å². The van der Waals surface area contributed by atoms with Crippen molar-refractivity contribution >= 4 is 11.8 Å². The summed E-state index contributed by atoms with van der Waals surface area (Å²) in [6.07, 6.45) is 2.98. The van der Waals surface area contributed by atoms with E-state index in [2.05, 4.69) is 33.9 Å². The molecule has 0 bridgehead atoms. The maximum absolute atomic E-state index is 12.6. The minimum atomic E-state index is 0.0630. The van der Waals surface area contributed by atoms with E-state index in [1.165, 1.54) is 0 Å². The smallest absolute Gasteiger partial charge is 0.223 e. The highest BCUT2D eigenvalue weighted by Crippen LogP contribution is 2.41. The minimum Gasteiger partial charge on any atom is -0.356 e. The molecule has 0 aromatic rings. The summed E-state index contributed by atoms with van der Waals surface area (Å²) in [6.45, 7) is 14.1. The Morgan fingerprint density at radius 2 is 1.65 bits per heavy atom. The van der Waals surface area contributed by atoms with Crippen LogP contribution in [0.1, 0.15) is 40.0 Å². The second kappa shape index (κ2) is 8.70. The van der Waals surface area contributed by atoms with Crippen LogP contribution in [0.2, 0.25) is 0 Å². The molecule has 0 aromatic heterocycles. The predicted octanol–water partition coefficient (Wildman–Crippen LogP) is 1.02. The van der Waals surface area contributed by atoms with Crippen LogP contribution in [0.4, 0.5) is 0 Å². The standard InChI is InChI=1S/C20H36N4O2/c1-15(2)23-8-6-22(7-9-23)5-4-20(26)24-13-18-10-17(11-19(18)14-24)12-21-16(3)25/h15,17-19H,4-14H2,1-3H3,(H,21,25). The Hall–Kier alpha value is -1.14. The molecule has 2 aliphatic heterocycles. The number of carbonyl (C=O) groups is 2. The summed E-state index contributed by atoms with van der Waals surface area (Å²) in [6, 6.07) is 0.622. The lowest BCUT2D eigenvalue weighted by Crippen LogP contribution is -2.49. The summed E-state index contributed by atoms with van der Waals surface area (Å²) >= 11 is 0. The van der Waals surface area contributed by atoms with E-state index in [4.69, 9.17) is 0 Å². The van der Waals surface area contributed by atoms with E-state index in [9.17, 15) is 9.59 Å². The van der Waals surface area contributed by atoms with Gasteiger partial charge in [0, 0.05) is 71.7 Å². The minimum absolute atomic E-state index is 0.0630. The molecule has 1 aliphatic carbocycles. The van der Waals surface area contributed by atoms with Crippen molar-refractivity contribution in [1.29, 1.82) is 0 Å². The van der Waals surface area contributed by atoms with Crippen LogP contribution in [0.25, 0.3) is 0 Å². The number of carbonyl (C=O) groups excluding carboxylic acids is 2. The van der Waals surface area contributed by atoms with Gasteiger partial charge >= 0.3 is 0 Å². The lowest BCUT2D eigenvalue weighted by molar-refractivity contribution is -0.131. The van der Waals surface area contributed by atoms with Crippen molar-refractivity contribution in [3.8, 4) is 0 Å². The molecule has 148 valence electrons. The van der Waals surface area contributed by atoms with E-state index in [1.54, 1.807) is 6.92 Å². The number of rotatable bonds is 6. The van der Waals surface area contributed by atoms with Crippen LogP contribution in [-0.4, -0.2) is 84.9 Å². The summed E-state index contributed by atoms with van der Waals surface area (Å²) in [5, 5.41) is 2.95. The van der Waals surface area contributed by atoms with Crippen LogP contribution < -0.4 is 5.32 Å². The molecule has 2 unspecified atom stereocenters. The molecule has 0 aromatic carbocycles. The third-order valence-corrected chi connectivity index (χ3v) is 6.62. The van der Waals surface area contributed by atoms with Gasteiger partial charge in [-0.2, -0.15) is 0 Å². The molecule has 6 nitrogen and oxygen atoms in total. The normalized spacial score (nSPS) is 30.0. The van der Waals surface area contributed by atoms with Gasteiger partial charge in [0.05, 0.1) is 0 Å². The fourth-order valence-electron chi connectivity index (χ4n) is 5.00. The summed E-state index contributed by atoms with van der Waals surface area (Å²) in [7, 11) is 0. The Labute approximate surface area is 158 Å². The molecule has 3 rings (SSSR count). The van der Waals surface area contributed by atoms with Gasteiger partial charge in [0.1, 0.15) is 0 Å². The molecule has 0 spiro atoms. The number of nitrogens with one attached hydrogen (secondary N) is 1. The first-order chi connectivity index (χ1) is 12.4. The monoisotopic (exact) mass is 364 g/mol. The van der Waals surface area contributed by atoms with Gasteiger partial charge in [0.15, 0.2) is 0 Å². The van der Waals surface area contributed by atoms with Crippen LogP contribution in [0, 0.1) is 17.8 Å². The molecule has 3 fully saturated rings. The zero-order valence-corrected chi connectivity index (χ0v) is 16.7. The Kier molecular flexibility index (Phi) is 6.56. The van der Waals surface area contributed by atoms with Crippen LogP contribution in [0.15, 0.2) is 0 Å². The number of piperazine rings is 1. The lowest BCUT2D eigenvalue weighted by atomic mass is 10.0. The van der Waals surface area contributed by atoms with E-state index in [-0.39, 0.29) is 5.91 Å². The highest BCUT2D eigenvalue weighted by Gasteiger charge is 2.42. The molecule has 2 amide bonds. The number of likely N-dealkylation sites (tertiary alicyclic amines) is 1. The fourth-order valence-corrected chi connectivity index (χ4v) is 5.00. The first kappa shape index (κ1) is 19.6. The van der Waals surface area contributed by atoms with Crippen molar-refractivity contribution < 1.29 is 9.59 Å². The zero-order chi connectivity index (χ0) is 18.7. The number of fused-ring (bicyclic) bond motifs is 1. The first-order valence-corrected chi connectivity index (χ1v) is 10.4. The maximum Gasteiger partial charge on any atom is 0.223 e. The molecule has 6 heteroatoms. The molecule has 2 atom stereocenters. The van der Waals surface area contributed by atoms with Crippen LogP contribution in [0.3, 0.4) is 0 Å². The van der Waals surface area contributed by atoms with Gasteiger partial charge in [0.2, 0.25) is 11.8 Å². The van der Waals surface area contributed by atoms with Crippen molar-refractivity contribution in [2.75, 3.05) is 52.4 Å². The van der Waals surface area contributed by atoms with Gasteiger partial charge in [-0.05, 0) is 44.4 Å². The van der Waals surface area contributed by atoms with Gasteiger partial charge in [-0.3, -0.25) is 14.5 Å². The lowest BCUT2D eigenvalue weighted by Gasteiger charge is -2.37. The molecular weight excluding hydrogens is 328 g/mol. The molecule has 2 saturated heterocycles. The van der Waals surface area contributed by atoms with Crippen molar-refractivity contribution in [2.24, 2.45) is 17.8 Å². The van der Waals surface area contributed by atoms with Crippen molar-refractivity contribution in [3.05, 3.63) is 0 Å². The highest BCUT2D eigenvalue weighted by molar-refractivity contribution is 5.76. The van der Waals surface area contributed by atoms with E-state index < -0.39 is 0 Å². The largest absolute Gasteiger partial charge is 0.356 e. The molecule has 1 saturated carbocycles. The van der Waals surface area contributed by atoms with Gasteiger partial charge in [-0.25, -0.2) is 0 Å². The van der Waals surface area contributed by atoms with Gasteiger partial charge in [-0.1, -0.05) is 0 Å². The average molecular weight is 365 g/mol. The Morgan fingerprint density at radius 3 is 2.19 bits per heavy atom.